The Morgan fingerprint density at radius 1 is 0.412 bits per heavy atom. The Morgan fingerprint density at radius 2 is 0.718 bits per heavy atom. The summed E-state index contributed by atoms with van der Waals surface area (Å²) in [7, 11) is 1.50. The van der Waals surface area contributed by atoms with E-state index in [1.807, 2.05) is 33.3 Å². The number of likely N-dealkylation sites (N-methyl/N-ethyl adjacent to an activating group) is 1. The number of allylic oxidation sites excluding steroid dienone is 9. The van der Waals surface area contributed by atoms with Crippen molar-refractivity contribution in [3.05, 3.63) is 60.8 Å². The number of hydrogen-bond acceptors (Lipinski definition) is 6. The highest BCUT2D eigenvalue weighted by atomic mass is 31.2. The zero-order valence-corrected chi connectivity index (χ0v) is 58.0. The molecule has 85 heavy (non-hydrogen) atoms. The molecular formula is C75H142N2O7P+. The van der Waals surface area contributed by atoms with Gasteiger partial charge in [0.1, 0.15) is 19.3 Å². The van der Waals surface area contributed by atoms with Crippen LogP contribution >= 0.6 is 7.82 Å². The molecule has 0 radical (unpaired) electrons. The summed E-state index contributed by atoms with van der Waals surface area (Å²) in [5.74, 6) is -0.499. The third-order valence-electron chi connectivity index (χ3n) is 16.4. The third kappa shape index (κ3) is 66.0. The van der Waals surface area contributed by atoms with E-state index >= 15 is 0 Å². The summed E-state index contributed by atoms with van der Waals surface area (Å²) < 4.78 is 30.9. The first-order valence-corrected chi connectivity index (χ1v) is 38.1. The number of unbranched alkanes of at least 4 members (excludes halogenated alkanes) is 43. The van der Waals surface area contributed by atoms with Gasteiger partial charge in [0.05, 0.1) is 33.8 Å². The zero-order valence-electron chi connectivity index (χ0n) is 57.1. The van der Waals surface area contributed by atoms with Crippen LogP contribution in [0, 0.1) is 0 Å². The topological polar surface area (TPSA) is 111 Å². The predicted octanol–water partition coefficient (Wildman–Crippen LogP) is 23.3. The Kier molecular flexibility index (Phi) is 62.9. The summed E-state index contributed by atoms with van der Waals surface area (Å²) in [5, 5.41) is 3.08. The van der Waals surface area contributed by atoms with Crippen molar-refractivity contribution in [3.63, 3.8) is 0 Å². The van der Waals surface area contributed by atoms with Crippen molar-refractivity contribution in [3.8, 4) is 0 Å². The van der Waals surface area contributed by atoms with Crippen LogP contribution in [0.25, 0.3) is 0 Å². The SMILES string of the molecule is CCCCC/C=C\C/C=C\C/C=C\CCCCCCCCCCC(=O)OC(/C=C\CCCCCCCCCCCCC)C(COP(=O)(O)OCC[N+](C)(C)C)NC(=O)CCCCCCCCCCCCCCCCC/C=C/CCCCCCCC. The molecule has 0 rings (SSSR count). The second-order valence-electron chi connectivity index (χ2n) is 26.1. The molecule has 0 aromatic heterocycles. The molecule has 0 aliphatic carbocycles. The molecule has 0 aliphatic heterocycles. The standard InChI is InChI=1S/C75H141N2O7P/c1-7-10-13-16-19-22-25-28-30-32-34-36-37-38-39-41-42-44-46-49-52-55-58-61-64-67-74(78)76-72(71-83-85(80,81)82-70-69-77(4,5)6)73(66-63-60-57-54-51-48-27-24-21-18-15-12-9-3)84-75(79)68-65-62-59-56-53-50-47-45-43-40-35-33-31-29-26-23-20-17-14-11-8-2/h20,23,28-31,35,40,63,66,72-73H,7-19,21-22,24-27,32-34,36-39,41-62,64-65,67-71H2,1-6H3,(H-,76,78,80,81)/p+1/b23-20-,30-28+,31-29-,40-35-,66-63-. The summed E-state index contributed by atoms with van der Waals surface area (Å²) >= 11 is 0. The summed E-state index contributed by atoms with van der Waals surface area (Å²) in [5.41, 5.74) is 0. The number of quaternary nitrogens is 1. The quantitative estimate of drug-likeness (QED) is 0.0205. The number of nitrogens with one attached hydrogen (secondary N) is 1. The predicted molar refractivity (Wildman–Crippen MR) is 369 cm³/mol. The number of phosphoric ester groups is 1. The van der Waals surface area contributed by atoms with Gasteiger partial charge in [0.15, 0.2) is 0 Å². The van der Waals surface area contributed by atoms with Crippen LogP contribution in [0.3, 0.4) is 0 Å². The van der Waals surface area contributed by atoms with E-state index in [4.69, 9.17) is 13.8 Å². The Labute approximate surface area is 528 Å². The largest absolute Gasteiger partial charge is 0.472 e. The molecule has 0 bridgehead atoms. The average Bonchev–Trinajstić information content (AvgIpc) is 3.48. The summed E-state index contributed by atoms with van der Waals surface area (Å²) in [6.45, 7) is 7.03. The van der Waals surface area contributed by atoms with Gasteiger partial charge in [-0.05, 0) is 96.0 Å². The summed E-state index contributed by atoms with van der Waals surface area (Å²) in [4.78, 5) is 38.0. The van der Waals surface area contributed by atoms with Gasteiger partial charge >= 0.3 is 13.8 Å². The second kappa shape index (κ2) is 64.7. The molecule has 2 N–H and O–H groups in total. The van der Waals surface area contributed by atoms with Crippen LogP contribution in [0.4, 0.5) is 0 Å². The normalized spacial score (nSPS) is 13.8. The number of carbonyl (C=O) groups is 2. The number of esters is 1. The summed E-state index contributed by atoms with van der Waals surface area (Å²) in [6, 6.07) is -0.853. The molecular weight excluding hydrogens is 1070 g/mol. The first-order chi connectivity index (χ1) is 41.4. The molecule has 0 aromatic carbocycles. The molecule has 0 saturated carbocycles. The van der Waals surface area contributed by atoms with Crippen LogP contribution < -0.4 is 5.32 Å². The fourth-order valence-corrected chi connectivity index (χ4v) is 11.5. The number of amides is 1. The van der Waals surface area contributed by atoms with Gasteiger partial charge in [-0.15, -0.1) is 0 Å². The van der Waals surface area contributed by atoms with Crippen LogP contribution in [0.2, 0.25) is 0 Å². The molecule has 0 heterocycles. The first kappa shape index (κ1) is 82.7. The number of phosphoric acid groups is 1. The van der Waals surface area contributed by atoms with Gasteiger partial charge in [-0.3, -0.25) is 18.6 Å². The summed E-state index contributed by atoms with van der Waals surface area (Å²) in [6.07, 6.45) is 83.7. The second-order valence-corrected chi connectivity index (χ2v) is 27.6. The van der Waals surface area contributed by atoms with E-state index < -0.39 is 20.0 Å². The highest BCUT2D eigenvalue weighted by Gasteiger charge is 2.30. The molecule has 0 spiro atoms. The van der Waals surface area contributed by atoms with E-state index in [-0.39, 0.29) is 31.5 Å². The molecule has 10 heteroatoms. The van der Waals surface area contributed by atoms with Gasteiger partial charge in [0, 0.05) is 12.8 Å². The van der Waals surface area contributed by atoms with Crippen molar-refractivity contribution in [2.24, 2.45) is 0 Å². The van der Waals surface area contributed by atoms with Crippen molar-refractivity contribution in [2.45, 2.75) is 367 Å². The van der Waals surface area contributed by atoms with Crippen LogP contribution in [0.15, 0.2) is 60.8 Å². The Morgan fingerprint density at radius 3 is 1.11 bits per heavy atom. The lowest BCUT2D eigenvalue weighted by molar-refractivity contribution is -0.870. The van der Waals surface area contributed by atoms with Crippen LogP contribution in [-0.2, 0) is 27.9 Å². The number of nitrogens with zero attached hydrogens (tertiary/aromatic N) is 1. The van der Waals surface area contributed by atoms with Crippen LogP contribution in [0.5, 0.6) is 0 Å². The highest BCUT2D eigenvalue weighted by Crippen LogP contribution is 2.43. The maximum Gasteiger partial charge on any atom is 0.472 e. The Hall–Kier alpha value is -2.29. The van der Waals surface area contributed by atoms with Crippen molar-refractivity contribution < 1.29 is 37.3 Å². The smallest absolute Gasteiger partial charge is 0.456 e. The van der Waals surface area contributed by atoms with E-state index in [9.17, 15) is 19.0 Å². The maximum atomic E-state index is 13.6. The van der Waals surface area contributed by atoms with Crippen LogP contribution in [0.1, 0.15) is 355 Å². The number of hydrogen-bond donors (Lipinski definition) is 2. The van der Waals surface area contributed by atoms with Crippen LogP contribution in [-0.4, -0.2) is 74.3 Å². The highest BCUT2D eigenvalue weighted by molar-refractivity contribution is 7.47. The molecule has 0 aromatic rings. The number of ether oxygens (including phenoxy) is 1. The van der Waals surface area contributed by atoms with Gasteiger partial charge in [0.2, 0.25) is 5.91 Å². The van der Waals surface area contributed by atoms with Crippen molar-refractivity contribution in [1.29, 1.82) is 0 Å². The van der Waals surface area contributed by atoms with Gasteiger partial charge in [-0.25, -0.2) is 4.57 Å². The van der Waals surface area contributed by atoms with Gasteiger partial charge in [0.25, 0.3) is 0 Å². The molecule has 1 amide bonds. The minimum Gasteiger partial charge on any atom is -0.456 e. The minimum absolute atomic E-state index is 0.0393. The Bertz CT molecular complexity index is 1640. The zero-order chi connectivity index (χ0) is 62.1. The van der Waals surface area contributed by atoms with Gasteiger partial charge in [-0.2, -0.15) is 0 Å². The lowest BCUT2D eigenvalue weighted by Gasteiger charge is -2.27. The van der Waals surface area contributed by atoms with E-state index in [1.54, 1.807) is 0 Å². The lowest BCUT2D eigenvalue weighted by atomic mass is 10.0. The molecule has 0 aliphatic rings. The van der Waals surface area contributed by atoms with Crippen molar-refractivity contribution in [1.82, 2.24) is 5.32 Å². The molecule has 0 fully saturated rings. The van der Waals surface area contributed by atoms with E-state index in [1.165, 1.54) is 238 Å². The fraction of sp³-hybridized carbons (Fsp3) is 0.840. The van der Waals surface area contributed by atoms with Crippen molar-refractivity contribution in [2.75, 3.05) is 40.9 Å². The minimum atomic E-state index is -4.46. The van der Waals surface area contributed by atoms with E-state index in [0.717, 1.165) is 83.5 Å². The third-order valence-corrected chi connectivity index (χ3v) is 17.4. The van der Waals surface area contributed by atoms with Gasteiger partial charge in [-0.1, -0.05) is 307 Å². The molecule has 3 atom stereocenters. The average molecular weight is 1210 g/mol. The first-order valence-electron chi connectivity index (χ1n) is 36.6. The number of rotatable bonds is 67. The molecule has 3 unspecified atom stereocenters. The van der Waals surface area contributed by atoms with Gasteiger partial charge < -0.3 is 19.4 Å². The molecule has 498 valence electrons. The maximum absolute atomic E-state index is 13.6. The number of carbonyl (C=O) groups excluding carboxylic acids is 2. The monoisotopic (exact) mass is 1210 g/mol. The lowest BCUT2D eigenvalue weighted by Crippen LogP contribution is -2.47. The molecule has 9 nitrogen and oxygen atoms in total. The van der Waals surface area contributed by atoms with Crippen molar-refractivity contribution >= 4 is 19.7 Å². The fourth-order valence-electron chi connectivity index (χ4n) is 10.8. The van der Waals surface area contributed by atoms with E-state index in [0.29, 0.717) is 17.4 Å². The molecule has 0 saturated heterocycles. The Balaban J connectivity index is 5.07. The van der Waals surface area contributed by atoms with E-state index in [2.05, 4.69) is 74.7 Å².